The summed E-state index contributed by atoms with van der Waals surface area (Å²) in [7, 11) is 3.15. The van der Waals surface area contributed by atoms with Crippen LogP contribution in [-0.4, -0.2) is 26.9 Å². The largest absolute Gasteiger partial charge is 0.481 e. The van der Waals surface area contributed by atoms with Crippen molar-refractivity contribution in [1.29, 1.82) is 0 Å². The highest BCUT2D eigenvalue weighted by molar-refractivity contribution is 5.90. The van der Waals surface area contributed by atoms with Gasteiger partial charge in [0.1, 0.15) is 0 Å². The molecule has 1 fully saturated rings. The Morgan fingerprint density at radius 1 is 1.13 bits per heavy atom. The molecular formula is C23H21F3N4O. The fraction of sp³-hybridized carbons (Fsp3) is 0.304. The predicted molar refractivity (Wildman–Crippen MR) is 112 cm³/mol. The molecular weight excluding hydrogens is 405 g/mol. The third kappa shape index (κ3) is 3.36. The van der Waals surface area contributed by atoms with E-state index >= 15 is 0 Å². The number of alkyl halides is 3. The molecule has 4 aromatic rings. The first-order chi connectivity index (χ1) is 14.8. The van der Waals surface area contributed by atoms with Crippen LogP contribution in [0.15, 0.2) is 42.6 Å². The van der Waals surface area contributed by atoms with Gasteiger partial charge in [-0.05, 0) is 49.1 Å². The Morgan fingerprint density at radius 3 is 2.58 bits per heavy atom. The van der Waals surface area contributed by atoms with E-state index in [2.05, 4.69) is 15.1 Å². The van der Waals surface area contributed by atoms with Crippen molar-refractivity contribution in [2.24, 2.45) is 7.05 Å². The number of methoxy groups -OCH3 is 1. The number of hydrogen-bond donors (Lipinski definition) is 1. The topological polar surface area (TPSA) is 55.7 Å². The van der Waals surface area contributed by atoms with Crippen molar-refractivity contribution in [3.63, 3.8) is 0 Å². The summed E-state index contributed by atoms with van der Waals surface area (Å²) >= 11 is 0. The zero-order valence-electron chi connectivity index (χ0n) is 17.1. The molecule has 1 saturated carbocycles. The molecule has 3 heterocycles. The molecule has 0 amide bonds. The smallest absolute Gasteiger partial charge is 0.435 e. The second-order valence-electron chi connectivity index (χ2n) is 7.93. The third-order valence-electron chi connectivity index (χ3n) is 6.04. The van der Waals surface area contributed by atoms with Crippen molar-refractivity contribution in [3.8, 4) is 28.4 Å². The van der Waals surface area contributed by atoms with Crippen molar-refractivity contribution in [3.05, 3.63) is 53.9 Å². The summed E-state index contributed by atoms with van der Waals surface area (Å²) in [4.78, 5) is 7.83. The number of aromatic amines is 1. The van der Waals surface area contributed by atoms with Gasteiger partial charge in [0.25, 0.3) is 0 Å². The van der Waals surface area contributed by atoms with Gasteiger partial charge in [0.15, 0.2) is 5.69 Å². The van der Waals surface area contributed by atoms with Crippen LogP contribution >= 0.6 is 0 Å². The molecule has 0 unspecified atom stereocenters. The first kappa shape index (κ1) is 19.7. The standard InChI is InChI=1S/C23H21F3N4O/c1-30-19(12-20(29-30)23(24,25)26)14-6-7-17-15(10-14)11-18(28-17)16-8-9-27-22(31-2)21(16)13-4-3-5-13/h6-13,28H,3-5H2,1-2H3. The zero-order chi connectivity index (χ0) is 21.8. The second kappa shape index (κ2) is 7.14. The first-order valence-electron chi connectivity index (χ1n) is 10.1. The number of halogens is 3. The Bertz CT molecular complexity index is 1270. The number of aryl methyl sites for hydroxylation is 1. The molecule has 0 radical (unpaired) electrons. The van der Waals surface area contributed by atoms with Gasteiger partial charge in [-0.2, -0.15) is 18.3 Å². The van der Waals surface area contributed by atoms with Gasteiger partial charge >= 0.3 is 6.18 Å². The molecule has 5 nitrogen and oxygen atoms in total. The highest BCUT2D eigenvalue weighted by Crippen LogP contribution is 2.45. The lowest BCUT2D eigenvalue weighted by Gasteiger charge is -2.28. The molecule has 160 valence electrons. The quantitative estimate of drug-likeness (QED) is 0.440. The molecule has 1 aliphatic rings. The molecule has 31 heavy (non-hydrogen) atoms. The van der Waals surface area contributed by atoms with Crippen molar-refractivity contribution in [1.82, 2.24) is 19.7 Å². The van der Waals surface area contributed by atoms with Gasteiger partial charge in [-0.25, -0.2) is 4.98 Å². The maximum Gasteiger partial charge on any atom is 0.435 e. The summed E-state index contributed by atoms with van der Waals surface area (Å²) in [6.45, 7) is 0. The van der Waals surface area contributed by atoms with Crippen LogP contribution in [0.4, 0.5) is 13.2 Å². The van der Waals surface area contributed by atoms with Crippen molar-refractivity contribution in [2.45, 2.75) is 31.4 Å². The van der Waals surface area contributed by atoms with Gasteiger partial charge < -0.3 is 9.72 Å². The van der Waals surface area contributed by atoms with Crippen LogP contribution in [0.3, 0.4) is 0 Å². The number of H-pyrrole nitrogens is 1. The number of rotatable bonds is 4. The molecule has 3 aromatic heterocycles. The minimum absolute atomic E-state index is 0.415. The Morgan fingerprint density at radius 2 is 1.94 bits per heavy atom. The Labute approximate surface area is 176 Å². The van der Waals surface area contributed by atoms with Crippen LogP contribution < -0.4 is 4.74 Å². The number of aromatic nitrogens is 4. The van der Waals surface area contributed by atoms with Crippen LogP contribution in [0.25, 0.3) is 33.4 Å². The van der Waals surface area contributed by atoms with E-state index in [0.29, 0.717) is 23.1 Å². The highest BCUT2D eigenvalue weighted by atomic mass is 19.4. The first-order valence-corrected chi connectivity index (χ1v) is 10.1. The Kier molecular flexibility index (Phi) is 4.53. The molecule has 5 rings (SSSR count). The van der Waals surface area contributed by atoms with E-state index in [0.717, 1.165) is 46.6 Å². The number of nitrogens with one attached hydrogen (secondary N) is 1. The van der Waals surface area contributed by atoms with E-state index in [-0.39, 0.29) is 0 Å². The second-order valence-corrected chi connectivity index (χ2v) is 7.93. The third-order valence-corrected chi connectivity index (χ3v) is 6.04. The summed E-state index contributed by atoms with van der Waals surface area (Å²) in [5, 5.41) is 4.53. The highest BCUT2D eigenvalue weighted by Gasteiger charge is 2.34. The summed E-state index contributed by atoms with van der Waals surface area (Å²) in [5.74, 6) is 1.08. The van der Waals surface area contributed by atoms with E-state index in [1.54, 1.807) is 19.4 Å². The van der Waals surface area contributed by atoms with E-state index in [9.17, 15) is 13.2 Å². The van der Waals surface area contributed by atoms with E-state index in [4.69, 9.17) is 4.74 Å². The number of ether oxygens (including phenoxy) is 1. The van der Waals surface area contributed by atoms with Gasteiger partial charge in [0, 0.05) is 46.5 Å². The van der Waals surface area contributed by atoms with E-state index in [1.807, 2.05) is 24.3 Å². The molecule has 1 N–H and O–H groups in total. The molecule has 0 spiro atoms. The van der Waals surface area contributed by atoms with Crippen LogP contribution in [-0.2, 0) is 13.2 Å². The molecule has 0 atom stereocenters. The molecule has 1 aliphatic carbocycles. The summed E-state index contributed by atoms with van der Waals surface area (Å²) in [5.41, 5.74) is 4.21. The summed E-state index contributed by atoms with van der Waals surface area (Å²) in [6, 6.07) is 10.7. The van der Waals surface area contributed by atoms with Gasteiger partial charge in [-0.15, -0.1) is 0 Å². The van der Waals surface area contributed by atoms with Crippen molar-refractivity contribution >= 4 is 10.9 Å². The van der Waals surface area contributed by atoms with Crippen LogP contribution in [0.2, 0.25) is 0 Å². The SMILES string of the molecule is COc1nccc(-c2cc3cc(-c4cc(C(F)(F)F)nn4C)ccc3[nH]2)c1C1CCC1. The predicted octanol–water partition coefficient (Wildman–Crippen LogP) is 5.93. The lowest BCUT2D eigenvalue weighted by atomic mass is 9.78. The molecule has 0 bridgehead atoms. The fourth-order valence-electron chi connectivity index (χ4n) is 4.26. The normalized spacial score (nSPS) is 14.7. The Hall–Kier alpha value is -3.29. The van der Waals surface area contributed by atoms with Gasteiger partial charge in [-0.1, -0.05) is 12.5 Å². The average Bonchev–Trinajstić information content (AvgIpc) is 3.29. The number of nitrogens with zero attached hydrogens (tertiary/aromatic N) is 3. The van der Waals surface area contributed by atoms with E-state index in [1.165, 1.54) is 18.2 Å². The molecule has 8 heteroatoms. The number of fused-ring (bicyclic) bond motifs is 1. The minimum atomic E-state index is -4.47. The average molecular weight is 426 g/mol. The molecule has 0 saturated heterocycles. The molecule has 0 aliphatic heterocycles. The van der Waals surface area contributed by atoms with Crippen LogP contribution in [0.1, 0.15) is 36.4 Å². The number of benzene rings is 1. The summed E-state index contributed by atoms with van der Waals surface area (Å²) < 4.78 is 45.9. The summed E-state index contributed by atoms with van der Waals surface area (Å²) in [6.07, 6.45) is 0.688. The van der Waals surface area contributed by atoms with Crippen LogP contribution in [0.5, 0.6) is 5.88 Å². The Balaban J connectivity index is 1.58. The fourth-order valence-corrected chi connectivity index (χ4v) is 4.26. The molecule has 1 aromatic carbocycles. The van der Waals surface area contributed by atoms with Gasteiger partial charge in [0.05, 0.1) is 12.8 Å². The van der Waals surface area contributed by atoms with Crippen LogP contribution in [0, 0.1) is 0 Å². The maximum absolute atomic E-state index is 13.0. The van der Waals surface area contributed by atoms with E-state index < -0.39 is 11.9 Å². The van der Waals surface area contributed by atoms with Gasteiger partial charge in [0.2, 0.25) is 5.88 Å². The lowest BCUT2D eigenvalue weighted by Crippen LogP contribution is -2.12. The van der Waals surface area contributed by atoms with Gasteiger partial charge in [-0.3, -0.25) is 4.68 Å². The maximum atomic E-state index is 13.0. The van der Waals surface area contributed by atoms with Crippen molar-refractivity contribution in [2.75, 3.05) is 7.11 Å². The zero-order valence-corrected chi connectivity index (χ0v) is 17.1. The number of pyridine rings is 1. The van der Waals surface area contributed by atoms with Crippen molar-refractivity contribution < 1.29 is 17.9 Å². The minimum Gasteiger partial charge on any atom is -0.481 e. The number of hydrogen-bond acceptors (Lipinski definition) is 3. The monoisotopic (exact) mass is 426 g/mol. The lowest BCUT2D eigenvalue weighted by molar-refractivity contribution is -0.141.